The zero-order chi connectivity index (χ0) is 18.4. The lowest BCUT2D eigenvalue weighted by molar-refractivity contribution is -0.0439. The fourth-order valence-electron chi connectivity index (χ4n) is 5.18. The molecule has 1 saturated heterocycles. The van der Waals surface area contributed by atoms with Gasteiger partial charge in [0.1, 0.15) is 5.82 Å². The Kier molecular flexibility index (Phi) is 7.11. The molecule has 2 N–H and O–H groups in total. The summed E-state index contributed by atoms with van der Waals surface area (Å²) in [5.41, 5.74) is 0.822. The molecule has 2 unspecified atom stereocenters. The summed E-state index contributed by atoms with van der Waals surface area (Å²) in [5.74, 6) is 0.346. The molecular weight excluding hydrogens is 325 g/mol. The third-order valence-electron chi connectivity index (χ3n) is 6.67. The van der Waals surface area contributed by atoms with Crippen molar-refractivity contribution in [2.75, 3.05) is 13.1 Å². The summed E-state index contributed by atoms with van der Waals surface area (Å²) in [6.45, 7) is 4.06. The van der Waals surface area contributed by atoms with Gasteiger partial charge in [-0.2, -0.15) is 0 Å². The van der Waals surface area contributed by atoms with Crippen molar-refractivity contribution in [1.29, 1.82) is 0 Å². The zero-order valence-electron chi connectivity index (χ0n) is 16.4. The first-order valence-corrected chi connectivity index (χ1v) is 10.9. The predicted molar refractivity (Wildman–Crippen MR) is 106 cm³/mol. The molecule has 0 radical (unpaired) electrons. The Bertz CT molecular complexity index is 563. The molecule has 3 rings (SSSR count). The number of nitrogens with one attached hydrogen (secondary N) is 1. The second-order valence-electron chi connectivity index (χ2n) is 8.46. The van der Waals surface area contributed by atoms with Crippen LogP contribution in [0.2, 0.25) is 0 Å². The molecular formula is C23H36FNO. The molecule has 26 heavy (non-hydrogen) atoms. The minimum absolute atomic E-state index is 0.105. The molecule has 1 saturated carbocycles. The zero-order valence-corrected chi connectivity index (χ0v) is 16.4. The van der Waals surface area contributed by atoms with Crippen LogP contribution >= 0.6 is 0 Å². The van der Waals surface area contributed by atoms with Crippen molar-refractivity contribution in [3.63, 3.8) is 0 Å². The minimum Gasteiger partial charge on any atom is -0.385 e. The van der Waals surface area contributed by atoms with Crippen molar-refractivity contribution in [2.24, 2.45) is 5.92 Å². The SMILES string of the molecule is CCCCCC(O)(c1cccc(F)c1C1CCCCC1)C1CCCNC1. The van der Waals surface area contributed by atoms with Crippen LogP contribution in [0.4, 0.5) is 4.39 Å². The van der Waals surface area contributed by atoms with Crippen LogP contribution in [-0.2, 0) is 5.60 Å². The number of hydrogen-bond acceptors (Lipinski definition) is 2. The first-order valence-electron chi connectivity index (χ1n) is 10.9. The van der Waals surface area contributed by atoms with E-state index in [0.29, 0.717) is 0 Å². The fraction of sp³-hybridized carbons (Fsp3) is 0.739. The molecule has 2 nitrogen and oxygen atoms in total. The Hall–Kier alpha value is -0.930. The predicted octanol–water partition coefficient (Wildman–Crippen LogP) is 5.64. The van der Waals surface area contributed by atoms with Gasteiger partial charge in [-0.25, -0.2) is 4.39 Å². The van der Waals surface area contributed by atoms with Crippen molar-refractivity contribution in [2.45, 2.75) is 89.1 Å². The summed E-state index contributed by atoms with van der Waals surface area (Å²) in [5, 5.41) is 15.4. The molecule has 2 aliphatic rings. The first kappa shape index (κ1) is 19.8. The Balaban J connectivity index is 1.98. The number of piperidine rings is 1. The quantitative estimate of drug-likeness (QED) is 0.616. The van der Waals surface area contributed by atoms with E-state index in [1.807, 2.05) is 6.07 Å². The van der Waals surface area contributed by atoms with Crippen molar-refractivity contribution in [3.05, 3.63) is 35.1 Å². The number of rotatable bonds is 7. The van der Waals surface area contributed by atoms with Crippen LogP contribution < -0.4 is 5.32 Å². The number of aliphatic hydroxyl groups is 1. The van der Waals surface area contributed by atoms with Gasteiger partial charge in [0, 0.05) is 12.5 Å². The third-order valence-corrected chi connectivity index (χ3v) is 6.67. The Morgan fingerprint density at radius 2 is 1.92 bits per heavy atom. The van der Waals surface area contributed by atoms with Gasteiger partial charge in [0.15, 0.2) is 0 Å². The van der Waals surface area contributed by atoms with E-state index in [0.717, 1.165) is 75.6 Å². The maximum Gasteiger partial charge on any atom is 0.127 e. The minimum atomic E-state index is -0.905. The second-order valence-corrected chi connectivity index (χ2v) is 8.46. The van der Waals surface area contributed by atoms with Crippen molar-refractivity contribution < 1.29 is 9.50 Å². The van der Waals surface area contributed by atoms with Crippen molar-refractivity contribution in [1.82, 2.24) is 5.32 Å². The number of hydrogen-bond donors (Lipinski definition) is 2. The average molecular weight is 362 g/mol. The van der Waals surface area contributed by atoms with Gasteiger partial charge in [-0.1, -0.05) is 57.6 Å². The topological polar surface area (TPSA) is 32.3 Å². The van der Waals surface area contributed by atoms with E-state index < -0.39 is 5.60 Å². The van der Waals surface area contributed by atoms with Gasteiger partial charge < -0.3 is 10.4 Å². The van der Waals surface area contributed by atoms with Crippen molar-refractivity contribution in [3.8, 4) is 0 Å². The highest BCUT2D eigenvalue weighted by molar-refractivity contribution is 5.37. The highest BCUT2D eigenvalue weighted by atomic mass is 19.1. The normalized spacial score (nSPS) is 24.3. The Morgan fingerprint density at radius 3 is 2.62 bits per heavy atom. The molecule has 1 heterocycles. The number of halogens is 1. The first-order chi connectivity index (χ1) is 12.7. The third kappa shape index (κ3) is 4.31. The lowest BCUT2D eigenvalue weighted by Crippen LogP contribution is -2.45. The Morgan fingerprint density at radius 1 is 1.12 bits per heavy atom. The van der Waals surface area contributed by atoms with Gasteiger partial charge in [-0.05, 0) is 61.8 Å². The van der Waals surface area contributed by atoms with E-state index in [1.54, 1.807) is 12.1 Å². The highest BCUT2D eigenvalue weighted by Gasteiger charge is 2.41. The molecule has 0 aromatic heterocycles. The molecule has 146 valence electrons. The largest absolute Gasteiger partial charge is 0.385 e. The smallest absolute Gasteiger partial charge is 0.127 e. The van der Waals surface area contributed by atoms with E-state index in [-0.39, 0.29) is 17.7 Å². The second kappa shape index (κ2) is 9.32. The maximum atomic E-state index is 15.0. The van der Waals surface area contributed by atoms with Crippen LogP contribution in [-0.4, -0.2) is 18.2 Å². The molecule has 2 fully saturated rings. The molecule has 0 spiro atoms. The summed E-state index contributed by atoms with van der Waals surface area (Å²) in [6, 6.07) is 5.42. The average Bonchev–Trinajstić information content (AvgIpc) is 2.69. The highest BCUT2D eigenvalue weighted by Crippen LogP contribution is 2.45. The molecule has 0 amide bonds. The monoisotopic (exact) mass is 361 g/mol. The summed E-state index contributed by atoms with van der Waals surface area (Å²) < 4.78 is 15.0. The van der Waals surface area contributed by atoms with Gasteiger partial charge in [-0.3, -0.25) is 0 Å². The van der Waals surface area contributed by atoms with E-state index in [4.69, 9.17) is 0 Å². The molecule has 1 aliphatic heterocycles. The lowest BCUT2D eigenvalue weighted by atomic mass is 9.70. The molecule has 2 atom stereocenters. The molecule has 3 heteroatoms. The van der Waals surface area contributed by atoms with E-state index >= 15 is 0 Å². The summed E-state index contributed by atoms with van der Waals surface area (Å²) in [7, 11) is 0. The van der Waals surface area contributed by atoms with E-state index in [2.05, 4.69) is 12.2 Å². The van der Waals surface area contributed by atoms with E-state index in [1.165, 1.54) is 19.3 Å². The molecule has 1 aromatic carbocycles. The van der Waals surface area contributed by atoms with Gasteiger partial charge in [0.05, 0.1) is 5.60 Å². The number of benzene rings is 1. The fourth-order valence-corrected chi connectivity index (χ4v) is 5.18. The van der Waals surface area contributed by atoms with Crippen molar-refractivity contribution >= 4 is 0 Å². The molecule has 1 aromatic rings. The van der Waals surface area contributed by atoms with Crippen LogP contribution in [0.5, 0.6) is 0 Å². The maximum absolute atomic E-state index is 15.0. The molecule has 0 bridgehead atoms. The molecule has 1 aliphatic carbocycles. The van der Waals surface area contributed by atoms with Gasteiger partial charge in [-0.15, -0.1) is 0 Å². The van der Waals surface area contributed by atoms with Gasteiger partial charge >= 0.3 is 0 Å². The lowest BCUT2D eigenvalue weighted by Gasteiger charge is -2.41. The van der Waals surface area contributed by atoms with Crippen LogP contribution in [0.1, 0.15) is 94.6 Å². The Labute approximate surface area is 158 Å². The summed E-state index contributed by atoms with van der Waals surface area (Å²) in [6.07, 6.45) is 11.9. The van der Waals surface area contributed by atoms with Crippen LogP contribution in [0.3, 0.4) is 0 Å². The summed E-state index contributed by atoms with van der Waals surface area (Å²) >= 11 is 0. The number of unbranched alkanes of at least 4 members (excludes halogenated alkanes) is 2. The van der Waals surface area contributed by atoms with Crippen LogP contribution in [0.25, 0.3) is 0 Å². The van der Waals surface area contributed by atoms with Gasteiger partial charge in [0.25, 0.3) is 0 Å². The van der Waals surface area contributed by atoms with Crippen LogP contribution in [0, 0.1) is 11.7 Å². The standard InChI is InChI=1S/C23H36FNO/c1-2-3-7-15-23(26,19-12-9-16-25-17-19)20-13-8-14-21(24)22(20)18-10-5-4-6-11-18/h8,13-14,18-19,25-26H,2-7,9-12,15-17H2,1H3. The summed E-state index contributed by atoms with van der Waals surface area (Å²) in [4.78, 5) is 0. The van der Waals surface area contributed by atoms with Gasteiger partial charge in [0.2, 0.25) is 0 Å². The van der Waals surface area contributed by atoms with E-state index in [9.17, 15) is 9.50 Å². The van der Waals surface area contributed by atoms with Crippen LogP contribution in [0.15, 0.2) is 18.2 Å².